The van der Waals surface area contributed by atoms with Gasteiger partial charge in [0.25, 0.3) is 0 Å². The van der Waals surface area contributed by atoms with Crippen molar-refractivity contribution in [3.05, 3.63) is 47.2 Å². The van der Waals surface area contributed by atoms with Gasteiger partial charge in [0.2, 0.25) is 27.6 Å². The van der Waals surface area contributed by atoms with Crippen LogP contribution in [0.3, 0.4) is 0 Å². The highest BCUT2D eigenvalue weighted by Gasteiger charge is 2.21. The maximum Gasteiger partial charge on any atom is 0.246 e. The van der Waals surface area contributed by atoms with E-state index in [1.807, 2.05) is 24.4 Å². The molecule has 0 saturated heterocycles. The molecular formula is C21H26N4O5S2. The monoisotopic (exact) mass is 478 g/mol. The molecule has 0 saturated carbocycles. The summed E-state index contributed by atoms with van der Waals surface area (Å²) in [5, 5.41) is 5.91. The summed E-state index contributed by atoms with van der Waals surface area (Å²) >= 11 is 1.51. The molecule has 2 aromatic heterocycles. The third kappa shape index (κ3) is 5.34. The van der Waals surface area contributed by atoms with Gasteiger partial charge in [0.1, 0.15) is 5.75 Å². The van der Waals surface area contributed by atoms with Gasteiger partial charge in [-0.25, -0.2) is 12.7 Å². The molecule has 3 aromatic rings. The van der Waals surface area contributed by atoms with E-state index in [9.17, 15) is 13.2 Å². The second-order valence-corrected chi connectivity index (χ2v) is 10.3. The van der Waals surface area contributed by atoms with Crippen LogP contribution in [0.25, 0.3) is 10.7 Å². The Balaban J connectivity index is 1.69. The molecule has 0 aliphatic carbocycles. The van der Waals surface area contributed by atoms with E-state index in [1.54, 1.807) is 17.0 Å². The van der Waals surface area contributed by atoms with Gasteiger partial charge >= 0.3 is 0 Å². The third-order valence-electron chi connectivity index (χ3n) is 4.91. The predicted molar refractivity (Wildman–Crippen MR) is 121 cm³/mol. The van der Waals surface area contributed by atoms with Crippen LogP contribution in [0.2, 0.25) is 0 Å². The molecule has 11 heteroatoms. The van der Waals surface area contributed by atoms with Crippen molar-refractivity contribution >= 4 is 27.3 Å². The van der Waals surface area contributed by atoms with Crippen molar-refractivity contribution in [1.82, 2.24) is 19.3 Å². The van der Waals surface area contributed by atoms with Crippen LogP contribution in [0.4, 0.5) is 0 Å². The zero-order valence-electron chi connectivity index (χ0n) is 18.4. The first-order valence-electron chi connectivity index (χ1n) is 10.00. The molecule has 0 radical (unpaired) electrons. The molecule has 32 heavy (non-hydrogen) atoms. The van der Waals surface area contributed by atoms with Gasteiger partial charge in [-0.05, 0) is 48.6 Å². The number of nitrogens with zero attached hydrogens (tertiary/aromatic N) is 4. The Morgan fingerprint density at radius 2 is 2.03 bits per heavy atom. The van der Waals surface area contributed by atoms with Crippen LogP contribution in [0.15, 0.2) is 45.1 Å². The molecule has 0 bridgehead atoms. The largest absolute Gasteiger partial charge is 0.496 e. The maximum atomic E-state index is 12.8. The first-order chi connectivity index (χ1) is 15.3. The van der Waals surface area contributed by atoms with Crippen LogP contribution >= 0.6 is 11.3 Å². The fraction of sp³-hybridized carbons (Fsp3) is 0.381. The van der Waals surface area contributed by atoms with Gasteiger partial charge in [-0.1, -0.05) is 11.2 Å². The number of hydrogen-bond donors (Lipinski definition) is 0. The van der Waals surface area contributed by atoms with E-state index in [0.717, 1.165) is 9.18 Å². The lowest BCUT2D eigenvalue weighted by Gasteiger charge is -2.19. The van der Waals surface area contributed by atoms with E-state index in [-0.39, 0.29) is 23.8 Å². The minimum atomic E-state index is -3.59. The topological polar surface area (TPSA) is 106 Å². The van der Waals surface area contributed by atoms with Gasteiger partial charge in [-0.15, -0.1) is 11.3 Å². The molecule has 9 nitrogen and oxygen atoms in total. The van der Waals surface area contributed by atoms with Crippen LogP contribution in [-0.2, 0) is 27.8 Å². The molecule has 0 atom stereocenters. The second kappa shape index (κ2) is 10.2. The number of hydrogen-bond acceptors (Lipinski definition) is 8. The van der Waals surface area contributed by atoms with Gasteiger partial charge in [-0.2, -0.15) is 4.98 Å². The summed E-state index contributed by atoms with van der Waals surface area (Å²) in [6.07, 6.45) is 0.515. The fourth-order valence-corrected chi connectivity index (χ4v) is 4.69. The van der Waals surface area contributed by atoms with Gasteiger partial charge in [-0.3, -0.25) is 4.79 Å². The van der Waals surface area contributed by atoms with Crippen LogP contribution < -0.4 is 4.74 Å². The number of aryl methyl sites for hydroxylation is 1. The summed E-state index contributed by atoms with van der Waals surface area (Å²) in [7, 11) is 0.879. The lowest BCUT2D eigenvalue weighted by molar-refractivity contribution is -0.131. The molecular weight excluding hydrogens is 452 g/mol. The van der Waals surface area contributed by atoms with E-state index >= 15 is 0 Å². The molecule has 0 N–H and O–H groups in total. The summed E-state index contributed by atoms with van der Waals surface area (Å²) in [6.45, 7) is 2.56. The van der Waals surface area contributed by atoms with Crippen molar-refractivity contribution in [1.29, 1.82) is 0 Å². The second-order valence-electron chi connectivity index (χ2n) is 7.16. The van der Waals surface area contributed by atoms with Crippen LogP contribution in [0.5, 0.6) is 5.75 Å². The number of benzene rings is 1. The number of carbonyl (C=O) groups excluding carboxylic acids is 1. The zero-order chi connectivity index (χ0) is 23.3. The molecule has 0 fully saturated rings. The Hall–Kier alpha value is -2.76. The first-order valence-corrected chi connectivity index (χ1v) is 12.3. The highest BCUT2D eigenvalue weighted by atomic mass is 32.2. The van der Waals surface area contributed by atoms with Crippen molar-refractivity contribution in [2.75, 3.05) is 27.7 Å². The molecule has 0 aliphatic rings. The van der Waals surface area contributed by atoms with E-state index in [4.69, 9.17) is 9.26 Å². The number of sulfonamides is 1. The van der Waals surface area contributed by atoms with E-state index in [1.165, 1.54) is 38.6 Å². The fourth-order valence-electron chi connectivity index (χ4n) is 3.09. The molecule has 0 unspecified atom stereocenters. The molecule has 0 aliphatic heterocycles. The van der Waals surface area contributed by atoms with Crippen molar-refractivity contribution < 1.29 is 22.5 Å². The number of ether oxygens (including phenoxy) is 1. The number of amides is 1. The normalized spacial score (nSPS) is 11.7. The van der Waals surface area contributed by atoms with Gasteiger partial charge < -0.3 is 14.2 Å². The Bertz CT molecular complexity index is 1160. The highest BCUT2D eigenvalue weighted by Crippen LogP contribution is 2.26. The van der Waals surface area contributed by atoms with Crippen LogP contribution in [-0.4, -0.2) is 61.4 Å². The highest BCUT2D eigenvalue weighted by molar-refractivity contribution is 7.89. The minimum Gasteiger partial charge on any atom is -0.496 e. The molecule has 1 amide bonds. The summed E-state index contributed by atoms with van der Waals surface area (Å²) in [5.41, 5.74) is 0.651. The Kier molecular flexibility index (Phi) is 7.64. The minimum absolute atomic E-state index is 0.105. The van der Waals surface area contributed by atoms with E-state index in [0.29, 0.717) is 36.0 Å². The summed E-state index contributed by atoms with van der Waals surface area (Å²) in [6, 6.07) is 8.48. The summed E-state index contributed by atoms with van der Waals surface area (Å²) in [4.78, 5) is 19.9. The molecule has 3 rings (SSSR count). The predicted octanol–water partition coefficient (Wildman–Crippen LogP) is 3.04. The molecule has 1 aromatic carbocycles. The number of thiophene rings is 1. The maximum absolute atomic E-state index is 12.8. The van der Waals surface area contributed by atoms with Crippen molar-refractivity contribution in [2.45, 2.75) is 31.2 Å². The number of aromatic nitrogens is 2. The number of methoxy groups -OCH3 is 1. The van der Waals surface area contributed by atoms with E-state index in [2.05, 4.69) is 10.1 Å². The zero-order valence-corrected chi connectivity index (χ0v) is 20.1. The van der Waals surface area contributed by atoms with Crippen LogP contribution in [0.1, 0.15) is 24.8 Å². The van der Waals surface area contributed by atoms with Gasteiger partial charge in [0.15, 0.2) is 0 Å². The molecule has 0 spiro atoms. The van der Waals surface area contributed by atoms with E-state index < -0.39 is 10.0 Å². The molecule has 2 heterocycles. The summed E-state index contributed by atoms with van der Waals surface area (Å²) < 4.78 is 36.7. The lowest BCUT2D eigenvalue weighted by atomic mass is 10.1. The smallest absolute Gasteiger partial charge is 0.246 e. The Morgan fingerprint density at radius 1 is 1.25 bits per heavy atom. The average molecular weight is 479 g/mol. The quantitative estimate of drug-likeness (QED) is 0.441. The van der Waals surface area contributed by atoms with Crippen LogP contribution in [0, 0.1) is 0 Å². The average Bonchev–Trinajstić information content (AvgIpc) is 3.47. The Morgan fingerprint density at radius 3 is 2.66 bits per heavy atom. The van der Waals surface area contributed by atoms with Gasteiger partial charge in [0, 0.05) is 27.1 Å². The number of rotatable bonds is 10. The van der Waals surface area contributed by atoms with Crippen molar-refractivity contribution in [2.24, 2.45) is 0 Å². The summed E-state index contributed by atoms with van der Waals surface area (Å²) in [5.74, 6) is 1.30. The number of carbonyl (C=O) groups is 1. The standard InChI is InChI=1S/C21H26N4O5S2/c1-5-25(14-19-22-21(23-30-19)18-7-6-12-31-18)20(26)11-8-15-13-16(9-10-17(15)29-4)32(27,28)24(2)3/h6-7,9-10,12-13H,5,8,11,14H2,1-4H3. The van der Waals surface area contributed by atoms with Crippen molar-refractivity contribution in [3.8, 4) is 16.5 Å². The Labute approximate surface area is 191 Å². The van der Waals surface area contributed by atoms with Gasteiger partial charge in [0.05, 0.1) is 23.4 Å². The SMILES string of the molecule is CCN(Cc1nc(-c2cccs2)no1)C(=O)CCc1cc(S(=O)(=O)N(C)C)ccc1OC. The van der Waals surface area contributed by atoms with Crippen molar-refractivity contribution in [3.63, 3.8) is 0 Å². The molecule has 172 valence electrons. The first kappa shape index (κ1) is 23.9. The third-order valence-corrected chi connectivity index (χ3v) is 7.59. The lowest BCUT2D eigenvalue weighted by Crippen LogP contribution is -2.30.